The van der Waals surface area contributed by atoms with Crippen molar-refractivity contribution in [2.24, 2.45) is 5.73 Å². The van der Waals surface area contributed by atoms with E-state index < -0.39 is 17.3 Å². The molecule has 0 spiro atoms. The smallest absolute Gasteiger partial charge is 0.404 e. The number of ether oxygens (including phenoxy) is 1. The van der Waals surface area contributed by atoms with Crippen LogP contribution >= 0.6 is 11.6 Å². The van der Waals surface area contributed by atoms with Crippen LogP contribution in [0.25, 0.3) is 0 Å². The molecule has 0 heterocycles. The van der Waals surface area contributed by atoms with Crippen molar-refractivity contribution >= 4 is 17.7 Å². The van der Waals surface area contributed by atoms with E-state index in [1.54, 1.807) is 12.1 Å². The van der Waals surface area contributed by atoms with Gasteiger partial charge in [0.2, 0.25) is 5.06 Å². The van der Waals surface area contributed by atoms with Gasteiger partial charge in [-0.15, -0.1) is 0 Å². The maximum absolute atomic E-state index is 10.7. The Bertz CT molecular complexity index is 419. The van der Waals surface area contributed by atoms with Crippen molar-refractivity contribution < 1.29 is 14.6 Å². The van der Waals surface area contributed by atoms with Gasteiger partial charge in [0.25, 0.3) is 0 Å². The molecule has 86 valence electrons. The van der Waals surface area contributed by atoms with Crippen molar-refractivity contribution in [1.82, 2.24) is 0 Å². The minimum Gasteiger partial charge on any atom is -0.442 e. The van der Waals surface area contributed by atoms with Crippen molar-refractivity contribution in [1.29, 1.82) is 0 Å². The molecule has 0 radical (unpaired) electrons. The number of aryl methyl sites for hydroxylation is 1. The Hall–Kier alpha value is -1.26. The zero-order valence-electron chi connectivity index (χ0n) is 8.52. The lowest BCUT2D eigenvalue weighted by molar-refractivity contribution is -0.0350. The molecule has 0 aliphatic heterocycles. The summed E-state index contributed by atoms with van der Waals surface area (Å²) in [5.74, 6) is 0. The summed E-state index contributed by atoms with van der Waals surface area (Å²) in [6.45, 7) is 0. The predicted octanol–water partition coefficient (Wildman–Crippen LogP) is 1.48. The average Bonchev–Trinajstić information content (AvgIpc) is 2.22. The summed E-state index contributed by atoms with van der Waals surface area (Å²) in [6, 6.07) is 7.27. The molecule has 1 aliphatic carbocycles. The summed E-state index contributed by atoms with van der Waals surface area (Å²) >= 11 is 6.04. The molecule has 4 nitrogen and oxygen atoms in total. The molecule has 0 saturated heterocycles. The molecule has 16 heavy (non-hydrogen) atoms. The van der Waals surface area contributed by atoms with Gasteiger partial charge in [-0.1, -0.05) is 35.9 Å². The Morgan fingerprint density at radius 2 is 2.25 bits per heavy atom. The van der Waals surface area contributed by atoms with Crippen LogP contribution in [-0.2, 0) is 16.2 Å². The summed E-state index contributed by atoms with van der Waals surface area (Å²) in [6.07, 6.45) is -0.576. The number of benzene rings is 1. The summed E-state index contributed by atoms with van der Waals surface area (Å²) in [5, 5.41) is 8.48. The zero-order valence-corrected chi connectivity index (χ0v) is 9.28. The topological polar surface area (TPSA) is 72.6 Å². The second-order valence-corrected chi connectivity index (χ2v) is 4.37. The maximum atomic E-state index is 10.7. The highest BCUT2D eigenvalue weighted by atomic mass is 35.5. The van der Waals surface area contributed by atoms with Gasteiger partial charge < -0.3 is 15.6 Å². The Kier molecular flexibility index (Phi) is 2.78. The zero-order chi connectivity index (χ0) is 11.8. The fourth-order valence-electron chi connectivity index (χ4n) is 2.01. The number of carbonyl (C=O) groups excluding carboxylic acids is 1. The lowest BCUT2D eigenvalue weighted by Crippen LogP contribution is -2.42. The minimum atomic E-state index is -1.69. The Morgan fingerprint density at radius 1 is 1.56 bits per heavy atom. The fraction of sp³-hybridized carbons (Fsp3) is 0.364. The first-order valence-electron chi connectivity index (χ1n) is 4.97. The van der Waals surface area contributed by atoms with Gasteiger partial charge in [0.15, 0.2) is 6.10 Å². The van der Waals surface area contributed by atoms with Crippen LogP contribution in [0.4, 0.5) is 4.79 Å². The van der Waals surface area contributed by atoms with Crippen molar-refractivity contribution in [2.45, 2.75) is 24.0 Å². The normalized spacial score (nSPS) is 28.2. The third-order valence-corrected chi connectivity index (χ3v) is 3.20. The van der Waals surface area contributed by atoms with Gasteiger partial charge in [-0.05, 0) is 18.4 Å². The molecule has 0 fully saturated rings. The number of amides is 1. The van der Waals surface area contributed by atoms with E-state index in [2.05, 4.69) is 0 Å². The van der Waals surface area contributed by atoms with Gasteiger partial charge >= 0.3 is 6.09 Å². The summed E-state index contributed by atoms with van der Waals surface area (Å²) in [5.41, 5.74) is 6.47. The molecule has 2 unspecified atom stereocenters. The van der Waals surface area contributed by atoms with Gasteiger partial charge in [-0.25, -0.2) is 4.79 Å². The first kappa shape index (κ1) is 11.2. The van der Waals surface area contributed by atoms with Crippen LogP contribution in [0.15, 0.2) is 24.3 Å². The highest BCUT2D eigenvalue weighted by Gasteiger charge is 2.43. The number of fused-ring (bicyclic) bond motifs is 1. The van der Waals surface area contributed by atoms with Gasteiger partial charge in [0, 0.05) is 5.56 Å². The third-order valence-electron chi connectivity index (χ3n) is 2.76. The van der Waals surface area contributed by atoms with Gasteiger partial charge in [-0.3, -0.25) is 0 Å². The largest absolute Gasteiger partial charge is 0.442 e. The monoisotopic (exact) mass is 241 g/mol. The van der Waals surface area contributed by atoms with Crippen LogP contribution in [0.1, 0.15) is 17.5 Å². The van der Waals surface area contributed by atoms with E-state index in [9.17, 15) is 9.90 Å². The Labute approximate surface area is 98.0 Å². The van der Waals surface area contributed by atoms with Crippen molar-refractivity contribution in [3.8, 4) is 0 Å². The number of carbonyl (C=O) groups is 1. The Balaban J connectivity index is 2.35. The van der Waals surface area contributed by atoms with E-state index in [1.165, 1.54) is 0 Å². The van der Waals surface area contributed by atoms with Crippen LogP contribution in [0.2, 0.25) is 0 Å². The van der Waals surface area contributed by atoms with E-state index in [0.717, 1.165) is 5.56 Å². The van der Waals surface area contributed by atoms with Crippen molar-refractivity contribution in [3.63, 3.8) is 0 Å². The highest BCUT2D eigenvalue weighted by molar-refractivity contribution is 6.23. The molecular formula is C11H12ClNO3. The minimum absolute atomic E-state index is 0.458. The fourth-order valence-corrected chi connectivity index (χ4v) is 2.35. The van der Waals surface area contributed by atoms with Crippen molar-refractivity contribution in [2.75, 3.05) is 0 Å². The summed E-state index contributed by atoms with van der Waals surface area (Å²) in [4.78, 5) is 10.7. The van der Waals surface area contributed by atoms with Crippen LogP contribution in [-0.4, -0.2) is 17.3 Å². The quantitative estimate of drug-likeness (QED) is 0.732. The lowest BCUT2D eigenvalue weighted by Gasteiger charge is -2.35. The molecular weight excluding hydrogens is 230 g/mol. The Morgan fingerprint density at radius 3 is 2.94 bits per heavy atom. The average molecular weight is 242 g/mol. The summed E-state index contributed by atoms with van der Waals surface area (Å²) in [7, 11) is 0. The van der Waals surface area contributed by atoms with Crippen LogP contribution in [0.5, 0.6) is 0 Å². The number of rotatable bonds is 1. The van der Waals surface area contributed by atoms with Gasteiger partial charge in [0.05, 0.1) is 0 Å². The van der Waals surface area contributed by atoms with E-state index in [1.807, 2.05) is 12.1 Å². The molecule has 1 aromatic carbocycles. The molecule has 2 rings (SSSR count). The summed E-state index contributed by atoms with van der Waals surface area (Å²) < 4.78 is 4.82. The first-order chi connectivity index (χ1) is 7.51. The highest BCUT2D eigenvalue weighted by Crippen LogP contribution is 2.40. The van der Waals surface area contributed by atoms with Crippen LogP contribution in [0, 0.1) is 0 Å². The molecule has 0 saturated carbocycles. The maximum Gasteiger partial charge on any atom is 0.404 e. The van der Waals surface area contributed by atoms with E-state index in [4.69, 9.17) is 22.1 Å². The van der Waals surface area contributed by atoms with Gasteiger partial charge in [-0.2, -0.15) is 0 Å². The number of hydrogen-bond donors (Lipinski definition) is 2. The number of primary amides is 1. The molecule has 0 aromatic heterocycles. The third kappa shape index (κ3) is 1.86. The number of nitrogens with two attached hydrogens (primary N) is 1. The van der Waals surface area contributed by atoms with E-state index >= 15 is 0 Å². The molecule has 1 aliphatic rings. The molecule has 0 bridgehead atoms. The van der Waals surface area contributed by atoms with E-state index in [0.29, 0.717) is 18.4 Å². The molecule has 3 N–H and O–H groups in total. The second kappa shape index (κ2) is 3.96. The lowest BCUT2D eigenvalue weighted by atomic mass is 9.87. The second-order valence-electron chi connectivity index (χ2n) is 3.79. The van der Waals surface area contributed by atoms with Crippen LogP contribution < -0.4 is 5.73 Å². The standard InChI is InChI=1S/C11H12ClNO3/c12-11(15)8-4-2-1-3-7(8)5-6-9(11)16-10(13)14/h1-4,9,15H,5-6H2,(H2,13,14). The van der Waals surface area contributed by atoms with Gasteiger partial charge in [0.1, 0.15) is 0 Å². The molecule has 2 atom stereocenters. The van der Waals surface area contributed by atoms with Crippen LogP contribution in [0.3, 0.4) is 0 Å². The number of hydrogen-bond acceptors (Lipinski definition) is 3. The molecule has 5 heteroatoms. The molecule has 1 aromatic rings. The van der Waals surface area contributed by atoms with E-state index in [-0.39, 0.29) is 0 Å². The van der Waals surface area contributed by atoms with Crippen molar-refractivity contribution in [3.05, 3.63) is 35.4 Å². The SMILES string of the molecule is NC(=O)OC1CCc2ccccc2C1(O)Cl. The predicted molar refractivity (Wildman–Crippen MR) is 59.0 cm³/mol. The number of halogens is 1. The number of alkyl halides is 1. The first-order valence-corrected chi connectivity index (χ1v) is 5.35. The number of aliphatic hydroxyl groups is 1. The molecule has 1 amide bonds.